The molecule has 3 heterocycles. The van der Waals surface area contributed by atoms with Gasteiger partial charge in [0.15, 0.2) is 0 Å². The minimum atomic E-state index is -0.0902. The van der Waals surface area contributed by atoms with E-state index in [1.807, 2.05) is 12.4 Å². The third-order valence-corrected chi connectivity index (χ3v) is 5.78. The van der Waals surface area contributed by atoms with Gasteiger partial charge in [0, 0.05) is 52.6 Å². The van der Waals surface area contributed by atoms with Crippen molar-refractivity contribution in [1.29, 1.82) is 0 Å². The number of aromatic amines is 3. The average Bonchev–Trinajstić information content (AvgIpc) is 3.35. The molecule has 0 saturated heterocycles. The Hall–Kier alpha value is -2.37. The van der Waals surface area contributed by atoms with Gasteiger partial charge in [-0.05, 0) is 18.9 Å². The molecule has 0 radical (unpaired) electrons. The maximum atomic E-state index is 4.95. The summed E-state index contributed by atoms with van der Waals surface area (Å²) in [5.41, 5.74) is 3.31. The lowest BCUT2D eigenvalue weighted by molar-refractivity contribution is 0.427. The highest BCUT2D eigenvalue weighted by atomic mass is 15.1. The molecule has 0 amide bonds. The number of nitrogens with zero attached hydrogens (tertiary/aromatic N) is 3. The van der Waals surface area contributed by atoms with Crippen LogP contribution in [0.5, 0.6) is 0 Å². The van der Waals surface area contributed by atoms with E-state index in [2.05, 4.69) is 85.9 Å². The SMILES string of the molecule is CCC(C)(Cc1nc(C(C)(C)Cc2cnc(C(C)(C)C)[nH]2)c[nH]1)c1ccn[nH]1. The fourth-order valence-electron chi connectivity index (χ4n) is 3.57. The third kappa shape index (κ3) is 4.21. The van der Waals surface area contributed by atoms with Crippen LogP contribution in [0.4, 0.5) is 0 Å². The normalized spacial score (nSPS) is 15.0. The number of hydrogen-bond donors (Lipinski definition) is 3. The number of rotatable bonds is 7. The highest BCUT2D eigenvalue weighted by molar-refractivity contribution is 5.21. The van der Waals surface area contributed by atoms with Gasteiger partial charge in [-0.1, -0.05) is 48.5 Å². The zero-order chi connectivity index (χ0) is 20.6. The predicted octanol–water partition coefficient (Wildman–Crippen LogP) is 4.58. The van der Waals surface area contributed by atoms with Gasteiger partial charge in [-0.2, -0.15) is 5.10 Å². The quantitative estimate of drug-likeness (QED) is 0.559. The number of H-pyrrole nitrogens is 3. The lowest BCUT2D eigenvalue weighted by Gasteiger charge is -2.26. The molecule has 0 saturated carbocycles. The van der Waals surface area contributed by atoms with Crippen molar-refractivity contribution in [2.24, 2.45) is 0 Å². The maximum absolute atomic E-state index is 4.95. The Kier molecular flexibility index (Phi) is 5.26. The van der Waals surface area contributed by atoms with Crippen molar-refractivity contribution in [1.82, 2.24) is 30.1 Å². The highest BCUT2D eigenvalue weighted by Crippen LogP contribution is 2.31. The average molecular weight is 383 g/mol. The summed E-state index contributed by atoms with van der Waals surface area (Å²) in [4.78, 5) is 16.4. The topological polar surface area (TPSA) is 86.0 Å². The minimum Gasteiger partial charge on any atom is -0.348 e. The van der Waals surface area contributed by atoms with Gasteiger partial charge in [-0.3, -0.25) is 5.10 Å². The van der Waals surface area contributed by atoms with E-state index in [0.29, 0.717) is 0 Å². The Morgan fingerprint density at radius 3 is 2.36 bits per heavy atom. The fourth-order valence-corrected chi connectivity index (χ4v) is 3.57. The summed E-state index contributed by atoms with van der Waals surface area (Å²) in [7, 11) is 0. The molecule has 3 rings (SSSR count). The van der Waals surface area contributed by atoms with E-state index in [4.69, 9.17) is 4.98 Å². The first kappa shape index (κ1) is 20.4. The first-order valence-corrected chi connectivity index (χ1v) is 10.1. The Balaban J connectivity index is 1.76. The van der Waals surface area contributed by atoms with E-state index >= 15 is 0 Å². The monoisotopic (exact) mass is 382 g/mol. The molecule has 0 aliphatic heterocycles. The number of aromatic nitrogens is 6. The zero-order valence-electron chi connectivity index (χ0n) is 18.3. The van der Waals surface area contributed by atoms with Gasteiger partial charge in [-0.25, -0.2) is 9.97 Å². The van der Waals surface area contributed by atoms with Crippen molar-refractivity contribution in [2.45, 2.75) is 84.0 Å². The second kappa shape index (κ2) is 7.22. The van der Waals surface area contributed by atoms with Crippen LogP contribution >= 0.6 is 0 Å². The molecular weight excluding hydrogens is 348 g/mol. The van der Waals surface area contributed by atoms with Crippen molar-refractivity contribution in [3.8, 4) is 0 Å². The van der Waals surface area contributed by atoms with Crippen LogP contribution < -0.4 is 0 Å². The summed E-state index contributed by atoms with van der Waals surface area (Å²) >= 11 is 0. The van der Waals surface area contributed by atoms with Gasteiger partial charge in [0.2, 0.25) is 0 Å². The summed E-state index contributed by atoms with van der Waals surface area (Å²) in [5, 5.41) is 7.25. The standard InChI is InChI=1S/C22H34N6/c1-8-22(7,16-9-10-25-28-16)12-18-23-14-17(27-18)21(5,6)11-15-13-24-19(26-15)20(2,3)4/h9-10,13-14H,8,11-12H2,1-7H3,(H,23,27)(H,24,26)(H,25,28). The minimum absolute atomic E-state index is 0.0131. The number of imidazole rings is 2. The summed E-state index contributed by atoms with van der Waals surface area (Å²) in [6.45, 7) is 15.4. The second-order valence-electron chi connectivity index (χ2n) is 9.86. The van der Waals surface area contributed by atoms with Crippen molar-refractivity contribution >= 4 is 0 Å². The lowest BCUT2D eigenvalue weighted by Crippen LogP contribution is -2.26. The summed E-state index contributed by atoms with van der Waals surface area (Å²) in [6.07, 6.45) is 8.56. The molecule has 0 aromatic carbocycles. The van der Waals surface area contributed by atoms with Crippen LogP contribution in [-0.2, 0) is 29.1 Å². The summed E-state index contributed by atoms with van der Waals surface area (Å²) in [6, 6.07) is 2.06. The van der Waals surface area contributed by atoms with E-state index in [9.17, 15) is 0 Å². The Morgan fingerprint density at radius 1 is 1.04 bits per heavy atom. The molecule has 0 spiro atoms. The Morgan fingerprint density at radius 2 is 1.79 bits per heavy atom. The molecular formula is C22H34N6. The van der Waals surface area contributed by atoms with Gasteiger partial charge >= 0.3 is 0 Å². The third-order valence-electron chi connectivity index (χ3n) is 5.78. The van der Waals surface area contributed by atoms with Crippen molar-refractivity contribution in [3.05, 3.63) is 53.4 Å². The Bertz CT molecular complexity index is 894. The summed E-state index contributed by atoms with van der Waals surface area (Å²) < 4.78 is 0. The van der Waals surface area contributed by atoms with Crippen molar-refractivity contribution in [2.75, 3.05) is 0 Å². The second-order valence-corrected chi connectivity index (χ2v) is 9.86. The molecule has 0 aliphatic carbocycles. The lowest BCUT2D eigenvalue weighted by atomic mass is 9.80. The van der Waals surface area contributed by atoms with Gasteiger partial charge in [0.25, 0.3) is 0 Å². The molecule has 3 aromatic heterocycles. The van der Waals surface area contributed by atoms with E-state index < -0.39 is 0 Å². The molecule has 0 bridgehead atoms. The zero-order valence-corrected chi connectivity index (χ0v) is 18.3. The number of nitrogens with one attached hydrogen (secondary N) is 3. The first-order chi connectivity index (χ1) is 13.0. The van der Waals surface area contributed by atoms with Crippen LogP contribution in [0.25, 0.3) is 0 Å². The predicted molar refractivity (Wildman–Crippen MR) is 113 cm³/mol. The molecule has 28 heavy (non-hydrogen) atoms. The fraction of sp³-hybridized carbons (Fsp3) is 0.591. The van der Waals surface area contributed by atoms with Crippen LogP contribution in [0, 0.1) is 0 Å². The number of hydrogen-bond acceptors (Lipinski definition) is 3. The van der Waals surface area contributed by atoms with E-state index in [0.717, 1.165) is 48.0 Å². The van der Waals surface area contributed by atoms with E-state index in [1.54, 1.807) is 0 Å². The Labute approximate surface area is 168 Å². The molecule has 0 aliphatic rings. The van der Waals surface area contributed by atoms with Crippen molar-refractivity contribution in [3.63, 3.8) is 0 Å². The molecule has 0 fully saturated rings. The maximum Gasteiger partial charge on any atom is 0.111 e. The smallest absolute Gasteiger partial charge is 0.111 e. The van der Waals surface area contributed by atoms with E-state index in [-0.39, 0.29) is 16.2 Å². The molecule has 6 nitrogen and oxygen atoms in total. The van der Waals surface area contributed by atoms with Crippen LogP contribution in [0.15, 0.2) is 24.7 Å². The molecule has 6 heteroatoms. The van der Waals surface area contributed by atoms with Gasteiger partial charge in [-0.15, -0.1) is 0 Å². The van der Waals surface area contributed by atoms with Crippen LogP contribution in [0.1, 0.15) is 83.6 Å². The van der Waals surface area contributed by atoms with Crippen LogP contribution in [-0.4, -0.2) is 30.1 Å². The van der Waals surface area contributed by atoms with Gasteiger partial charge in [0.05, 0.1) is 5.69 Å². The van der Waals surface area contributed by atoms with Crippen LogP contribution in [0.2, 0.25) is 0 Å². The molecule has 1 unspecified atom stereocenters. The van der Waals surface area contributed by atoms with Gasteiger partial charge in [0.1, 0.15) is 11.6 Å². The van der Waals surface area contributed by atoms with Crippen LogP contribution in [0.3, 0.4) is 0 Å². The summed E-state index contributed by atoms with van der Waals surface area (Å²) in [5.74, 6) is 2.04. The molecule has 3 N–H and O–H groups in total. The molecule has 3 aromatic rings. The van der Waals surface area contributed by atoms with Gasteiger partial charge < -0.3 is 9.97 Å². The largest absolute Gasteiger partial charge is 0.348 e. The molecule has 1 atom stereocenters. The first-order valence-electron chi connectivity index (χ1n) is 10.1. The highest BCUT2D eigenvalue weighted by Gasteiger charge is 2.30. The molecule has 152 valence electrons. The van der Waals surface area contributed by atoms with E-state index in [1.165, 1.54) is 0 Å². The van der Waals surface area contributed by atoms with Crippen molar-refractivity contribution < 1.29 is 0 Å².